The molecular weight excluding hydrogens is 468 g/mol. The van der Waals surface area contributed by atoms with Crippen molar-refractivity contribution in [3.63, 3.8) is 0 Å². The van der Waals surface area contributed by atoms with Gasteiger partial charge in [-0.1, -0.05) is 58.9 Å². The molecule has 0 radical (unpaired) electrons. The molecule has 1 aromatic heterocycles. The zero-order valence-corrected chi connectivity index (χ0v) is 23.9. The highest BCUT2D eigenvalue weighted by molar-refractivity contribution is 5.92. The maximum Gasteiger partial charge on any atom is 0.331 e. The summed E-state index contributed by atoms with van der Waals surface area (Å²) in [6.45, 7) is 15.1. The van der Waals surface area contributed by atoms with Crippen LogP contribution in [-0.4, -0.2) is 64.6 Å². The Morgan fingerprint density at radius 1 is 1.03 bits per heavy atom. The Hall–Kier alpha value is -3.13. The van der Waals surface area contributed by atoms with Crippen molar-refractivity contribution in [3.8, 4) is 0 Å². The summed E-state index contributed by atoms with van der Waals surface area (Å²) in [7, 11) is 3.40. The van der Waals surface area contributed by atoms with Gasteiger partial charge >= 0.3 is 5.97 Å². The van der Waals surface area contributed by atoms with Crippen LogP contribution in [0.4, 0.5) is 0 Å². The average Bonchev–Trinajstić information content (AvgIpc) is 3.24. The fourth-order valence-corrected chi connectivity index (χ4v) is 4.83. The lowest BCUT2D eigenvalue weighted by molar-refractivity contribution is -0.141. The van der Waals surface area contributed by atoms with Crippen molar-refractivity contribution < 1.29 is 19.5 Å². The topological polar surface area (TPSA) is 104 Å². The maximum atomic E-state index is 13.8. The van der Waals surface area contributed by atoms with Crippen molar-refractivity contribution in [1.82, 2.24) is 20.1 Å². The Kier molecular flexibility index (Phi) is 9.36. The molecule has 0 spiro atoms. The van der Waals surface area contributed by atoms with Gasteiger partial charge in [-0.3, -0.25) is 9.59 Å². The normalized spacial score (nSPS) is 15.4. The minimum absolute atomic E-state index is 0.0226. The van der Waals surface area contributed by atoms with Crippen LogP contribution in [0.15, 0.2) is 48.2 Å². The van der Waals surface area contributed by atoms with Gasteiger partial charge < -0.3 is 25.2 Å². The fraction of sp³-hybridized carbons (Fsp3) is 0.552. The van der Waals surface area contributed by atoms with Crippen LogP contribution in [0.5, 0.6) is 0 Å². The Balaban J connectivity index is 2.40. The molecule has 0 bridgehead atoms. The summed E-state index contributed by atoms with van der Waals surface area (Å²) in [5.41, 5.74) is -0.0487. The number of likely N-dealkylation sites (N-methyl/N-ethyl adjacent to an activating group) is 2. The Morgan fingerprint density at radius 2 is 1.62 bits per heavy atom. The van der Waals surface area contributed by atoms with Crippen molar-refractivity contribution in [2.24, 2.45) is 11.3 Å². The van der Waals surface area contributed by atoms with Crippen molar-refractivity contribution in [3.05, 3.63) is 48.2 Å². The molecule has 0 saturated carbocycles. The van der Waals surface area contributed by atoms with E-state index in [9.17, 15) is 19.5 Å². The monoisotopic (exact) mass is 512 g/mol. The molecule has 3 N–H and O–H groups in total. The number of para-hydroxylation sites is 1. The molecule has 0 fully saturated rings. The van der Waals surface area contributed by atoms with Gasteiger partial charge in [-0.25, -0.2) is 4.79 Å². The summed E-state index contributed by atoms with van der Waals surface area (Å²) in [6.07, 6.45) is 3.58. The number of nitrogens with one attached hydrogen (secondary N) is 2. The Morgan fingerprint density at radius 3 is 2.14 bits per heavy atom. The van der Waals surface area contributed by atoms with Crippen LogP contribution in [0.2, 0.25) is 0 Å². The van der Waals surface area contributed by atoms with Crippen LogP contribution >= 0.6 is 0 Å². The molecule has 0 aliphatic heterocycles. The number of carboxylic acid groups (broad SMARTS) is 1. The predicted octanol–water partition coefficient (Wildman–Crippen LogP) is 4.01. The lowest BCUT2D eigenvalue weighted by Crippen LogP contribution is -2.62. The maximum absolute atomic E-state index is 13.8. The number of hydrogen-bond acceptors (Lipinski definition) is 4. The lowest BCUT2D eigenvalue weighted by Gasteiger charge is -2.40. The second kappa shape index (κ2) is 11.5. The van der Waals surface area contributed by atoms with Crippen molar-refractivity contribution >= 4 is 28.7 Å². The molecule has 1 heterocycles. The zero-order chi connectivity index (χ0) is 28.3. The minimum Gasteiger partial charge on any atom is -0.478 e. The second-order valence-corrected chi connectivity index (χ2v) is 11.8. The largest absolute Gasteiger partial charge is 0.478 e. The minimum atomic E-state index is -1.02. The molecule has 2 aromatic rings. The first-order valence-electron chi connectivity index (χ1n) is 12.8. The highest BCUT2D eigenvalue weighted by Crippen LogP contribution is 2.29. The van der Waals surface area contributed by atoms with Gasteiger partial charge in [0.25, 0.3) is 0 Å². The van der Waals surface area contributed by atoms with E-state index >= 15 is 0 Å². The smallest absolute Gasteiger partial charge is 0.331 e. The molecule has 8 nitrogen and oxygen atoms in total. The standard InChI is InChI=1S/C29H44N4O4/c1-18(2)22(17-19(3)27(36)37)32(10)26(35)24(28(4,5)6)31-25(34)23(30-9)29(7,8)33-16-15-20-13-11-12-14-21(20)33/h11-18,22-24,30H,1-10H3,(H,31,34)(H,36,37)/b19-17+/t22-,23-,24-/m1/s1. The van der Waals surface area contributed by atoms with Crippen molar-refractivity contribution in [1.29, 1.82) is 0 Å². The number of aliphatic carboxylic acids is 1. The van der Waals surface area contributed by atoms with Gasteiger partial charge in [-0.05, 0) is 56.7 Å². The molecule has 0 aliphatic rings. The third-order valence-corrected chi connectivity index (χ3v) is 7.11. The summed E-state index contributed by atoms with van der Waals surface area (Å²) < 4.78 is 2.08. The van der Waals surface area contributed by atoms with Crippen molar-refractivity contribution in [2.45, 2.75) is 79.1 Å². The molecule has 3 atom stereocenters. The van der Waals surface area contributed by atoms with Crippen LogP contribution in [0.25, 0.3) is 10.9 Å². The van der Waals surface area contributed by atoms with Gasteiger partial charge in [0.15, 0.2) is 0 Å². The molecule has 0 unspecified atom stereocenters. The van der Waals surface area contributed by atoms with Gasteiger partial charge in [0.05, 0.1) is 11.6 Å². The summed E-state index contributed by atoms with van der Waals surface area (Å²) in [4.78, 5) is 40.5. The molecule has 2 rings (SSSR count). The molecule has 204 valence electrons. The van der Waals surface area contributed by atoms with E-state index in [2.05, 4.69) is 15.2 Å². The van der Waals surface area contributed by atoms with E-state index in [1.165, 1.54) is 6.92 Å². The first-order chi connectivity index (χ1) is 17.0. The summed E-state index contributed by atoms with van der Waals surface area (Å²) >= 11 is 0. The van der Waals surface area contributed by atoms with Crippen LogP contribution < -0.4 is 10.6 Å². The second-order valence-electron chi connectivity index (χ2n) is 11.8. The van der Waals surface area contributed by atoms with Gasteiger partial charge in [0.1, 0.15) is 12.1 Å². The number of nitrogens with zero attached hydrogens (tertiary/aromatic N) is 2. The average molecular weight is 513 g/mol. The Bertz CT molecular complexity index is 1160. The molecule has 2 amide bonds. The van der Waals surface area contributed by atoms with E-state index in [4.69, 9.17) is 0 Å². The molecule has 1 aromatic carbocycles. The van der Waals surface area contributed by atoms with E-state index < -0.39 is 35.0 Å². The van der Waals surface area contributed by atoms with Crippen LogP contribution in [-0.2, 0) is 19.9 Å². The lowest BCUT2D eigenvalue weighted by atomic mass is 9.84. The third-order valence-electron chi connectivity index (χ3n) is 7.11. The van der Waals surface area contributed by atoms with Crippen LogP contribution in [0.3, 0.4) is 0 Å². The molecule has 8 heteroatoms. The number of carboxylic acids is 1. The molecule has 0 aliphatic carbocycles. The molecule has 37 heavy (non-hydrogen) atoms. The van der Waals surface area contributed by atoms with E-state index in [1.807, 2.05) is 85.0 Å². The van der Waals surface area contributed by atoms with E-state index in [1.54, 1.807) is 25.1 Å². The number of rotatable bonds is 10. The first-order valence-corrected chi connectivity index (χ1v) is 12.8. The van der Waals surface area contributed by atoms with Gasteiger partial charge in [0.2, 0.25) is 11.8 Å². The van der Waals surface area contributed by atoms with E-state index in [-0.39, 0.29) is 23.3 Å². The summed E-state index contributed by atoms with van der Waals surface area (Å²) in [5, 5.41) is 16.6. The number of amides is 2. The van der Waals surface area contributed by atoms with Gasteiger partial charge in [-0.2, -0.15) is 0 Å². The van der Waals surface area contributed by atoms with Crippen molar-refractivity contribution in [2.75, 3.05) is 14.1 Å². The van der Waals surface area contributed by atoms with Gasteiger partial charge in [-0.15, -0.1) is 0 Å². The first kappa shape index (κ1) is 30.1. The number of carbonyl (C=O) groups excluding carboxylic acids is 2. The predicted molar refractivity (Wildman–Crippen MR) is 148 cm³/mol. The highest BCUT2D eigenvalue weighted by atomic mass is 16.4. The number of benzene rings is 1. The third kappa shape index (κ3) is 6.60. The number of carbonyl (C=O) groups is 3. The molecule has 0 saturated heterocycles. The SMILES string of the molecule is CN[C@H](C(=O)N[C@H](C(=O)N(C)[C@H](/C=C(\C)C(=O)O)C(C)C)C(C)(C)C)C(C)(C)n1ccc2ccccc21. The number of hydrogen-bond donors (Lipinski definition) is 3. The molecular formula is C29H44N4O4. The summed E-state index contributed by atoms with van der Waals surface area (Å²) in [6, 6.07) is 8.14. The Labute approximate surface area is 221 Å². The highest BCUT2D eigenvalue weighted by Gasteiger charge is 2.42. The quantitative estimate of drug-likeness (QED) is 0.418. The zero-order valence-electron chi connectivity index (χ0n) is 23.9. The van der Waals surface area contributed by atoms with E-state index in [0.29, 0.717) is 0 Å². The fourth-order valence-electron chi connectivity index (χ4n) is 4.83. The number of aromatic nitrogens is 1. The number of fused-ring (bicyclic) bond motifs is 1. The summed E-state index contributed by atoms with van der Waals surface area (Å²) in [5.74, 6) is -1.60. The van der Waals surface area contributed by atoms with Crippen LogP contribution in [0, 0.1) is 11.3 Å². The van der Waals surface area contributed by atoms with Gasteiger partial charge in [0, 0.05) is 24.3 Å². The van der Waals surface area contributed by atoms with E-state index in [0.717, 1.165) is 10.9 Å². The van der Waals surface area contributed by atoms with Crippen LogP contribution in [0.1, 0.15) is 55.4 Å².